The molecule has 1 atom stereocenters. The van der Waals surface area contributed by atoms with Gasteiger partial charge in [0.05, 0.1) is 17.3 Å². The van der Waals surface area contributed by atoms with Crippen LogP contribution in [-0.4, -0.2) is 16.6 Å². The molecule has 1 aromatic carbocycles. The summed E-state index contributed by atoms with van der Waals surface area (Å²) < 4.78 is 7.73. The molecule has 0 saturated heterocycles. The Kier molecular flexibility index (Phi) is 3.80. The van der Waals surface area contributed by atoms with E-state index in [9.17, 15) is 0 Å². The first-order valence-electron chi connectivity index (χ1n) is 7.38. The van der Waals surface area contributed by atoms with Gasteiger partial charge in [-0.1, -0.05) is 19.1 Å². The number of nitrogens with one attached hydrogen (secondary N) is 1. The minimum absolute atomic E-state index is 0.217. The summed E-state index contributed by atoms with van der Waals surface area (Å²) in [6, 6.07) is 10.5. The molecule has 21 heavy (non-hydrogen) atoms. The van der Waals surface area contributed by atoms with Crippen LogP contribution in [0, 0.1) is 0 Å². The maximum Gasteiger partial charge on any atom is 0.111 e. The molecule has 3 aromatic rings. The van der Waals surface area contributed by atoms with Gasteiger partial charge in [0.15, 0.2) is 0 Å². The lowest BCUT2D eigenvalue weighted by atomic mass is 10.0. The van der Waals surface area contributed by atoms with E-state index in [1.807, 2.05) is 13.1 Å². The zero-order valence-electron chi connectivity index (χ0n) is 12.8. The molecule has 1 unspecified atom stereocenters. The zero-order chi connectivity index (χ0) is 14.8. The minimum atomic E-state index is 0.217. The molecule has 0 spiro atoms. The van der Waals surface area contributed by atoms with Crippen molar-refractivity contribution in [2.24, 2.45) is 7.05 Å². The maximum atomic E-state index is 5.56. The van der Waals surface area contributed by atoms with E-state index >= 15 is 0 Å². The van der Waals surface area contributed by atoms with Gasteiger partial charge in [-0.05, 0) is 25.2 Å². The predicted octanol–water partition coefficient (Wildman–Crippen LogP) is 3.23. The van der Waals surface area contributed by atoms with Gasteiger partial charge in [0.1, 0.15) is 11.6 Å². The highest BCUT2D eigenvalue weighted by molar-refractivity contribution is 5.75. The molecule has 0 aliphatic heterocycles. The van der Waals surface area contributed by atoms with Crippen molar-refractivity contribution in [2.75, 3.05) is 7.05 Å². The van der Waals surface area contributed by atoms with E-state index < -0.39 is 0 Å². The zero-order valence-corrected chi connectivity index (χ0v) is 12.8. The summed E-state index contributed by atoms with van der Waals surface area (Å²) in [4.78, 5) is 4.76. The molecule has 4 heteroatoms. The summed E-state index contributed by atoms with van der Waals surface area (Å²) >= 11 is 0. The molecule has 3 rings (SSSR count). The van der Waals surface area contributed by atoms with E-state index in [0.29, 0.717) is 0 Å². The first-order chi connectivity index (χ1) is 10.2. The maximum absolute atomic E-state index is 5.56. The molecule has 0 saturated carbocycles. The average molecular weight is 283 g/mol. The number of benzene rings is 1. The fraction of sp³-hybridized carbons (Fsp3) is 0.353. The van der Waals surface area contributed by atoms with Crippen molar-refractivity contribution in [3.8, 4) is 0 Å². The van der Waals surface area contributed by atoms with Crippen molar-refractivity contribution in [1.82, 2.24) is 14.9 Å². The van der Waals surface area contributed by atoms with Crippen LogP contribution in [0.15, 0.2) is 41.0 Å². The van der Waals surface area contributed by atoms with Crippen molar-refractivity contribution < 1.29 is 4.42 Å². The molecular weight excluding hydrogens is 262 g/mol. The lowest BCUT2D eigenvalue weighted by molar-refractivity contribution is 0.491. The molecular formula is C17H21N3O. The number of aromatic nitrogens is 2. The summed E-state index contributed by atoms with van der Waals surface area (Å²) in [6.07, 6.45) is 3.52. The van der Waals surface area contributed by atoms with Gasteiger partial charge in [-0.3, -0.25) is 0 Å². The molecule has 4 nitrogen and oxygen atoms in total. The van der Waals surface area contributed by atoms with Gasteiger partial charge in [-0.2, -0.15) is 0 Å². The number of hydrogen-bond acceptors (Lipinski definition) is 3. The Morgan fingerprint density at radius 2 is 2.10 bits per heavy atom. The Hall–Kier alpha value is -2.07. The standard InChI is InChI=1S/C17H21N3O/c1-4-16-12(9-10-21-16)14(18-2)11-17-19-13-7-5-6-8-15(13)20(17)3/h5-10,14,18H,4,11H2,1-3H3. The van der Waals surface area contributed by atoms with Crippen molar-refractivity contribution in [3.05, 3.63) is 53.7 Å². The lowest BCUT2D eigenvalue weighted by Gasteiger charge is -2.16. The second kappa shape index (κ2) is 5.74. The lowest BCUT2D eigenvalue weighted by Crippen LogP contribution is -2.21. The predicted molar refractivity (Wildman–Crippen MR) is 84.3 cm³/mol. The Labute approximate surface area is 124 Å². The summed E-state index contributed by atoms with van der Waals surface area (Å²) in [5, 5.41) is 3.39. The molecule has 0 aliphatic carbocycles. The number of imidazole rings is 1. The van der Waals surface area contributed by atoms with Gasteiger partial charge < -0.3 is 14.3 Å². The number of para-hydroxylation sites is 2. The van der Waals surface area contributed by atoms with E-state index in [1.165, 1.54) is 11.1 Å². The quantitative estimate of drug-likeness (QED) is 0.781. The van der Waals surface area contributed by atoms with Crippen LogP contribution < -0.4 is 5.32 Å². The molecule has 1 N–H and O–H groups in total. The van der Waals surface area contributed by atoms with E-state index in [0.717, 1.165) is 29.9 Å². The van der Waals surface area contributed by atoms with E-state index in [2.05, 4.69) is 48.1 Å². The highest BCUT2D eigenvalue weighted by atomic mass is 16.3. The first kappa shape index (κ1) is 13.9. The van der Waals surface area contributed by atoms with Crippen LogP contribution in [0.25, 0.3) is 11.0 Å². The highest BCUT2D eigenvalue weighted by Gasteiger charge is 2.19. The van der Waals surface area contributed by atoms with Crippen molar-refractivity contribution in [3.63, 3.8) is 0 Å². The fourth-order valence-electron chi connectivity index (χ4n) is 2.88. The number of rotatable bonds is 5. The van der Waals surface area contributed by atoms with Gasteiger partial charge >= 0.3 is 0 Å². The fourth-order valence-corrected chi connectivity index (χ4v) is 2.88. The Balaban J connectivity index is 1.94. The second-order valence-electron chi connectivity index (χ2n) is 5.27. The summed E-state index contributed by atoms with van der Waals surface area (Å²) in [6.45, 7) is 2.12. The minimum Gasteiger partial charge on any atom is -0.469 e. The summed E-state index contributed by atoms with van der Waals surface area (Å²) in [7, 11) is 4.06. The van der Waals surface area contributed by atoms with E-state index in [4.69, 9.17) is 9.40 Å². The molecule has 0 fully saturated rings. The van der Waals surface area contributed by atoms with Crippen molar-refractivity contribution in [2.45, 2.75) is 25.8 Å². The normalized spacial score (nSPS) is 12.9. The number of aryl methyl sites for hydroxylation is 2. The monoisotopic (exact) mass is 283 g/mol. The third kappa shape index (κ3) is 2.47. The topological polar surface area (TPSA) is 43.0 Å². The molecule has 0 bridgehead atoms. The number of hydrogen-bond donors (Lipinski definition) is 1. The summed E-state index contributed by atoms with van der Waals surface area (Å²) in [5.74, 6) is 2.13. The van der Waals surface area contributed by atoms with Crippen LogP contribution in [0.1, 0.15) is 30.1 Å². The Morgan fingerprint density at radius 3 is 2.81 bits per heavy atom. The molecule has 2 heterocycles. The van der Waals surface area contributed by atoms with Crippen LogP contribution >= 0.6 is 0 Å². The van der Waals surface area contributed by atoms with E-state index in [1.54, 1.807) is 6.26 Å². The number of likely N-dealkylation sites (N-methyl/N-ethyl adjacent to an activating group) is 1. The van der Waals surface area contributed by atoms with Crippen LogP contribution in [-0.2, 0) is 19.9 Å². The molecule has 0 aliphatic rings. The first-order valence-corrected chi connectivity index (χ1v) is 7.38. The van der Waals surface area contributed by atoms with Crippen LogP contribution in [0.4, 0.5) is 0 Å². The van der Waals surface area contributed by atoms with Crippen molar-refractivity contribution in [1.29, 1.82) is 0 Å². The number of furan rings is 1. The highest BCUT2D eigenvalue weighted by Crippen LogP contribution is 2.24. The smallest absolute Gasteiger partial charge is 0.111 e. The molecule has 110 valence electrons. The second-order valence-corrected chi connectivity index (χ2v) is 5.27. The third-order valence-electron chi connectivity index (χ3n) is 4.09. The van der Waals surface area contributed by atoms with Gasteiger partial charge in [0.25, 0.3) is 0 Å². The third-order valence-corrected chi connectivity index (χ3v) is 4.09. The van der Waals surface area contributed by atoms with E-state index in [-0.39, 0.29) is 6.04 Å². The Bertz CT molecular complexity index is 741. The van der Waals surface area contributed by atoms with Crippen LogP contribution in [0.5, 0.6) is 0 Å². The Morgan fingerprint density at radius 1 is 1.29 bits per heavy atom. The van der Waals surface area contributed by atoms with Crippen LogP contribution in [0.2, 0.25) is 0 Å². The van der Waals surface area contributed by atoms with Gasteiger partial charge in [0.2, 0.25) is 0 Å². The van der Waals surface area contributed by atoms with Gasteiger partial charge in [-0.25, -0.2) is 4.98 Å². The van der Waals surface area contributed by atoms with Crippen LogP contribution in [0.3, 0.4) is 0 Å². The SMILES string of the molecule is CCc1occc1C(Cc1nc2ccccc2n1C)NC. The molecule has 0 amide bonds. The van der Waals surface area contributed by atoms with Gasteiger partial charge in [-0.15, -0.1) is 0 Å². The largest absolute Gasteiger partial charge is 0.469 e. The number of nitrogens with zero attached hydrogens (tertiary/aromatic N) is 2. The average Bonchev–Trinajstić information content (AvgIpc) is 3.10. The van der Waals surface area contributed by atoms with Crippen molar-refractivity contribution >= 4 is 11.0 Å². The molecule has 0 radical (unpaired) electrons. The molecule has 2 aromatic heterocycles. The van der Waals surface area contributed by atoms with Gasteiger partial charge in [0, 0.05) is 31.5 Å². The number of fused-ring (bicyclic) bond motifs is 1. The summed E-state index contributed by atoms with van der Waals surface area (Å²) in [5.41, 5.74) is 3.45.